The van der Waals surface area contributed by atoms with Crippen molar-refractivity contribution < 1.29 is 4.79 Å². The molecule has 2 aliphatic carbocycles. The molecule has 0 aromatic heterocycles. The second kappa shape index (κ2) is 3.96. The van der Waals surface area contributed by atoms with Gasteiger partial charge in [-0.2, -0.15) is 0 Å². The van der Waals surface area contributed by atoms with Crippen molar-refractivity contribution in [1.29, 1.82) is 0 Å². The normalized spacial score (nSPS) is 38.1. The zero-order chi connectivity index (χ0) is 12.2. The van der Waals surface area contributed by atoms with Gasteiger partial charge < -0.3 is 4.90 Å². The van der Waals surface area contributed by atoms with Crippen LogP contribution in [0.25, 0.3) is 0 Å². The maximum atomic E-state index is 12.4. The molecule has 4 fully saturated rings. The first-order chi connectivity index (χ1) is 8.78. The molecule has 2 saturated carbocycles. The van der Waals surface area contributed by atoms with Crippen LogP contribution < -0.4 is 0 Å². The van der Waals surface area contributed by atoms with E-state index in [9.17, 15) is 4.79 Å². The van der Waals surface area contributed by atoms with Crippen LogP contribution in [0, 0.1) is 11.3 Å². The van der Waals surface area contributed by atoms with Gasteiger partial charge >= 0.3 is 0 Å². The quantitative estimate of drug-likeness (QED) is 0.745. The predicted molar refractivity (Wildman–Crippen MR) is 70.2 cm³/mol. The standard InChI is InChI=1S/C15H24N2O/c18-14(13-10-15(13)5-6-15)17-9-4-12(11-17)16-7-2-1-3-8-16/h12-13H,1-11H2. The molecule has 3 nitrogen and oxygen atoms in total. The van der Waals surface area contributed by atoms with E-state index < -0.39 is 0 Å². The number of piperidine rings is 1. The molecule has 1 amide bonds. The fourth-order valence-corrected chi connectivity index (χ4v) is 4.15. The van der Waals surface area contributed by atoms with Crippen LogP contribution in [0.2, 0.25) is 0 Å². The van der Waals surface area contributed by atoms with Gasteiger partial charge in [-0.15, -0.1) is 0 Å². The Morgan fingerprint density at radius 2 is 1.83 bits per heavy atom. The molecule has 3 heteroatoms. The van der Waals surface area contributed by atoms with Crippen molar-refractivity contribution in [3.05, 3.63) is 0 Å². The van der Waals surface area contributed by atoms with Crippen LogP contribution in [0.15, 0.2) is 0 Å². The molecular formula is C15H24N2O. The lowest BCUT2D eigenvalue weighted by atomic mass is 10.1. The highest BCUT2D eigenvalue weighted by molar-refractivity contribution is 5.83. The average molecular weight is 248 g/mol. The molecule has 0 N–H and O–H groups in total. The second-order valence-electron chi connectivity index (χ2n) is 6.94. The van der Waals surface area contributed by atoms with E-state index in [4.69, 9.17) is 0 Å². The van der Waals surface area contributed by atoms with Crippen LogP contribution in [0.4, 0.5) is 0 Å². The molecular weight excluding hydrogens is 224 g/mol. The summed E-state index contributed by atoms with van der Waals surface area (Å²) < 4.78 is 0. The summed E-state index contributed by atoms with van der Waals surface area (Å²) in [6.45, 7) is 4.57. The summed E-state index contributed by atoms with van der Waals surface area (Å²) in [6, 6.07) is 0.670. The molecule has 2 atom stereocenters. The van der Waals surface area contributed by atoms with Gasteiger partial charge in [0.05, 0.1) is 0 Å². The molecule has 4 aliphatic rings. The van der Waals surface area contributed by atoms with Crippen LogP contribution in [0.5, 0.6) is 0 Å². The van der Waals surface area contributed by atoms with Gasteiger partial charge in [0.2, 0.25) is 5.91 Å². The molecule has 1 spiro atoms. The van der Waals surface area contributed by atoms with Gasteiger partial charge in [0.15, 0.2) is 0 Å². The third-order valence-electron chi connectivity index (χ3n) is 5.76. The van der Waals surface area contributed by atoms with Crippen molar-refractivity contribution in [2.75, 3.05) is 26.2 Å². The van der Waals surface area contributed by atoms with E-state index in [0.29, 0.717) is 23.3 Å². The third kappa shape index (κ3) is 1.78. The number of likely N-dealkylation sites (tertiary alicyclic amines) is 2. The zero-order valence-corrected chi connectivity index (χ0v) is 11.2. The van der Waals surface area contributed by atoms with Crippen LogP contribution >= 0.6 is 0 Å². The molecule has 2 unspecified atom stereocenters. The number of nitrogens with zero attached hydrogens (tertiary/aromatic N) is 2. The number of hydrogen-bond acceptors (Lipinski definition) is 2. The van der Waals surface area contributed by atoms with Gasteiger partial charge in [0.25, 0.3) is 0 Å². The molecule has 2 aliphatic heterocycles. The highest BCUT2D eigenvalue weighted by Crippen LogP contribution is 2.71. The molecule has 0 radical (unpaired) electrons. The van der Waals surface area contributed by atoms with Gasteiger partial charge in [-0.05, 0) is 57.0 Å². The maximum Gasteiger partial charge on any atom is 0.226 e. The minimum absolute atomic E-state index is 0.428. The van der Waals surface area contributed by atoms with Crippen LogP contribution in [0.1, 0.15) is 44.9 Å². The fourth-order valence-electron chi connectivity index (χ4n) is 4.15. The van der Waals surface area contributed by atoms with E-state index in [1.54, 1.807) is 0 Å². The van der Waals surface area contributed by atoms with Gasteiger partial charge in [-0.25, -0.2) is 0 Å². The Labute approximate surface area is 110 Å². The first-order valence-electron chi connectivity index (χ1n) is 7.81. The van der Waals surface area contributed by atoms with Crippen molar-refractivity contribution in [2.24, 2.45) is 11.3 Å². The highest BCUT2D eigenvalue weighted by atomic mass is 16.2. The summed E-state index contributed by atoms with van der Waals surface area (Å²) in [5.41, 5.74) is 0.528. The van der Waals surface area contributed by atoms with E-state index in [1.807, 2.05) is 0 Å². The van der Waals surface area contributed by atoms with E-state index >= 15 is 0 Å². The smallest absolute Gasteiger partial charge is 0.226 e. The van der Waals surface area contributed by atoms with Gasteiger partial charge in [0, 0.05) is 25.0 Å². The van der Waals surface area contributed by atoms with Crippen molar-refractivity contribution >= 4 is 5.91 Å². The van der Waals surface area contributed by atoms with Gasteiger partial charge in [0.1, 0.15) is 0 Å². The number of hydrogen-bond donors (Lipinski definition) is 0. The Morgan fingerprint density at radius 1 is 1.06 bits per heavy atom. The van der Waals surface area contributed by atoms with Crippen LogP contribution in [-0.4, -0.2) is 47.9 Å². The lowest BCUT2D eigenvalue weighted by Gasteiger charge is -2.32. The molecule has 0 bridgehead atoms. The first kappa shape index (κ1) is 11.3. The molecule has 100 valence electrons. The van der Waals surface area contributed by atoms with E-state index in [-0.39, 0.29) is 0 Å². The van der Waals surface area contributed by atoms with E-state index in [2.05, 4.69) is 9.80 Å². The number of carbonyl (C=O) groups excluding carboxylic acids is 1. The minimum atomic E-state index is 0.428. The summed E-state index contributed by atoms with van der Waals surface area (Å²) in [6.07, 6.45) is 9.19. The average Bonchev–Trinajstić information content (AvgIpc) is 3.30. The lowest BCUT2D eigenvalue weighted by molar-refractivity contribution is -0.132. The molecule has 0 aromatic rings. The Balaban J connectivity index is 1.33. The van der Waals surface area contributed by atoms with Crippen molar-refractivity contribution in [2.45, 2.75) is 51.0 Å². The maximum absolute atomic E-state index is 12.4. The van der Waals surface area contributed by atoms with E-state index in [0.717, 1.165) is 13.1 Å². The predicted octanol–water partition coefficient (Wildman–Crippen LogP) is 1.87. The summed E-state index contributed by atoms with van der Waals surface area (Å²) in [7, 11) is 0. The minimum Gasteiger partial charge on any atom is -0.341 e. The zero-order valence-electron chi connectivity index (χ0n) is 11.2. The van der Waals surface area contributed by atoms with Gasteiger partial charge in [-0.1, -0.05) is 6.42 Å². The van der Waals surface area contributed by atoms with Crippen LogP contribution in [0.3, 0.4) is 0 Å². The van der Waals surface area contributed by atoms with Gasteiger partial charge in [-0.3, -0.25) is 9.69 Å². The Hall–Kier alpha value is -0.570. The van der Waals surface area contributed by atoms with E-state index in [1.165, 1.54) is 58.0 Å². The second-order valence-corrected chi connectivity index (χ2v) is 6.94. The Morgan fingerprint density at radius 3 is 2.50 bits per heavy atom. The molecule has 18 heavy (non-hydrogen) atoms. The third-order valence-corrected chi connectivity index (χ3v) is 5.76. The molecule has 2 heterocycles. The molecule has 2 saturated heterocycles. The van der Waals surface area contributed by atoms with Crippen LogP contribution in [-0.2, 0) is 4.79 Å². The van der Waals surface area contributed by atoms with Crippen molar-refractivity contribution in [1.82, 2.24) is 9.80 Å². The first-order valence-corrected chi connectivity index (χ1v) is 7.81. The Bertz CT molecular complexity index is 358. The number of carbonyl (C=O) groups is 1. The lowest BCUT2D eigenvalue weighted by Crippen LogP contribution is -2.42. The molecule has 0 aromatic carbocycles. The summed E-state index contributed by atoms with van der Waals surface area (Å²) in [5.74, 6) is 0.921. The summed E-state index contributed by atoms with van der Waals surface area (Å²) in [5, 5.41) is 0. The topological polar surface area (TPSA) is 23.6 Å². The monoisotopic (exact) mass is 248 g/mol. The van der Waals surface area contributed by atoms with Crippen molar-refractivity contribution in [3.63, 3.8) is 0 Å². The molecule has 4 rings (SSSR count). The number of rotatable bonds is 2. The number of amides is 1. The SMILES string of the molecule is O=C(C1CC12CC2)N1CCC(N2CCCCC2)C1. The Kier molecular flexibility index (Phi) is 2.48. The summed E-state index contributed by atoms with van der Waals surface area (Å²) in [4.78, 5) is 17.2. The summed E-state index contributed by atoms with van der Waals surface area (Å²) >= 11 is 0. The fraction of sp³-hybridized carbons (Fsp3) is 0.933. The van der Waals surface area contributed by atoms with Crippen molar-refractivity contribution in [3.8, 4) is 0 Å². The largest absolute Gasteiger partial charge is 0.341 e. The highest BCUT2D eigenvalue weighted by Gasteiger charge is 2.66.